The number of hydrogen-bond donors (Lipinski definition) is 2. The zero-order valence-electron chi connectivity index (χ0n) is 12.0. The van der Waals surface area contributed by atoms with Crippen LogP contribution in [0.25, 0.3) is 0 Å². The van der Waals surface area contributed by atoms with Gasteiger partial charge in [-0.1, -0.05) is 18.2 Å². The van der Waals surface area contributed by atoms with Crippen molar-refractivity contribution in [1.29, 1.82) is 0 Å². The third-order valence-electron chi connectivity index (χ3n) is 3.00. The van der Waals surface area contributed by atoms with Gasteiger partial charge in [0.1, 0.15) is 0 Å². The fourth-order valence-corrected chi connectivity index (χ4v) is 2.45. The van der Waals surface area contributed by atoms with Gasteiger partial charge in [0.2, 0.25) is 11.8 Å². The quantitative estimate of drug-likeness (QED) is 0.891. The number of nitrogens with zero attached hydrogens (tertiary/aromatic N) is 1. The Kier molecular flexibility index (Phi) is 5.05. The van der Waals surface area contributed by atoms with E-state index in [1.54, 1.807) is 11.6 Å². The summed E-state index contributed by atoms with van der Waals surface area (Å²) in [7, 11) is 0. The van der Waals surface area contributed by atoms with E-state index in [4.69, 9.17) is 0 Å². The number of carbonyl (C=O) groups is 2. The second-order valence-corrected chi connectivity index (χ2v) is 5.59. The lowest BCUT2D eigenvalue weighted by Crippen LogP contribution is -2.18. The predicted octanol–water partition coefficient (Wildman–Crippen LogP) is 3.12. The van der Waals surface area contributed by atoms with E-state index in [2.05, 4.69) is 15.6 Å². The van der Waals surface area contributed by atoms with Crippen molar-refractivity contribution in [3.63, 3.8) is 0 Å². The Hall–Kier alpha value is -2.21. The summed E-state index contributed by atoms with van der Waals surface area (Å²) in [6, 6.07) is 5.83. The molecule has 0 spiro atoms. The first-order valence-corrected chi connectivity index (χ1v) is 7.49. The molecule has 2 N–H and O–H groups in total. The number of aryl methyl sites for hydroxylation is 2. The zero-order valence-corrected chi connectivity index (χ0v) is 12.8. The Morgan fingerprint density at radius 3 is 2.29 bits per heavy atom. The van der Waals surface area contributed by atoms with Gasteiger partial charge in [-0.05, 0) is 25.0 Å². The van der Waals surface area contributed by atoms with Crippen molar-refractivity contribution in [2.24, 2.45) is 0 Å². The number of anilines is 2. The first kappa shape index (κ1) is 15.2. The van der Waals surface area contributed by atoms with Crippen LogP contribution < -0.4 is 10.6 Å². The number of hydrogen-bond acceptors (Lipinski definition) is 4. The van der Waals surface area contributed by atoms with Crippen molar-refractivity contribution in [2.75, 3.05) is 10.6 Å². The number of thiazole rings is 1. The van der Waals surface area contributed by atoms with Gasteiger partial charge in [-0.25, -0.2) is 4.98 Å². The van der Waals surface area contributed by atoms with E-state index in [0.29, 0.717) is 5.13 Å². The summed E-state index contributed by atoms with van der Waals surface area (Å²) in [6.07, 6.45) is 1.90. The van der Waals surface area contributed by atoms with Crippen molar-refractivity contribution < 1.29 is 9.59 Å². The third kappa shape index (κ3) is 4.39. The minimum absolute atomic E-state index is 0.135. The largest absolute Gasteiger partial charge is 0.326 e. The average Bonchev–Trinajstić information content (AvgIpc) is 2.94. The van der Waals surface area contributed by atoms with E-state index in [1.807, 2.05) is 32.0 Å². The summed E-state index contributed by atoms with van der Waals surface area (Å²) in [6.45, 7) is 3.88. The first-order chi connectivity index (χ1) is 10.1. The van der Waals surface area contributed by atoms with Crippen molar-refractivity contribution >= 4 is 34.0 Å². The summed E-state index contributed by atoms with van der Waals surface area (Å²) in [4.78, 5) is 27.6. The van der Waals surface area contributed by atoms with Crippen LogP contribution in [0, 0.1) is 13.8 Å². The number of carbonyl (C=O) groups excluding carboxylic acids is 2. The highest BCUT2D eigenvalue weighted by atomic mass is 32.1. The van der Waals surface area contributed by atoms with Gasteiger partial charge in [0, 0.05) is 30.1 Å². The number of aromatic nitrogens is 1. The molecule has 110 valence electrons. The lowest BCUT2D eigenvalue weighted by molar-refractivity contribution is -0.121. The molecular weight excluding hydrogens is 286 g/mol. The summed E-state index contributed by atoms with van der Waals surface area (Å²) in [5, 5.41) is 7.85. The molecule has 0 aliphatic carbocycles. The molecule has 0 atom stereocenters. The van der Waals surface area contributed by atoms with Crippen LogP contribution in [-0.4, -0.2) is 16.8 Å². The molecule has 0 aliphatic rings. The van der Waals surface area contributed by atoms with Crippen LogP contribution in [-0.2, 0) is 9.59 Å². The molecule has 1 aromatic heterocycles. The molecule has 1 heterocycles. The van der Waals surface area contributed by atoms with Crippen LogP contribution in [0.3, 0.4) is 0 Å². The molecule has 0 radical (unpaired) electrons. The van der Waals surface area contributed by atoms with E-state index in [9.17, 15) is 9.59 Å². The SMILES string of the molecule is Cc1cccc(C)c1NC(=O)CCC(=O)Nc1nccs1. The van der Waals surface area contributed by atoms with Gasteiger partial charge < -0.3 is 10.6 Å². The molecule has 6 heteroatoms. The molecule has 0 saturated heterocycles. The Balaban J connectivity index is 1.83. The topological polar surface area (TPSA) is 71.1 Å². The zero-order chi connectivity index (χ0) is 15.2. The van der Waals surface area contributed by atoms with Gasteiger partial charge >= 0.3 is 0 Å². The molecule has 0 saturated carbocycles. The molecule has 0 aliphatic heterocycles. The van der Waals surface area contributed by atoms with Crippen LogP contribution in [0.1, 0.15) is 24.0 Å². The summed E-state index contributed by atoms with van der Waals surface area (Å²) < 4.78 is 0. The Morgan fingerprint density at radius 2 is 1.71 bits per heavy atom. The van der Waals surface area contributed by atoms with Gasteiger partial charge in [-0.15, -0.1) is 11.3 Å². The summed E-state index contributed by atoms with van der Waals surface area (Å²) in [5.74, 6) is -0.372. The van der Waals surface area contributed by atoms with E-state index < -0.39 is 0 Å². The van der Waals surface area contributed by atoms with E-state index >= 15 is 0 Å². The van der Waals surface area contributed by atoms with Crippen LogP contribution in [0.15, 0.2) is 29.8 Å². The molecule has 0 bridgehead atoms. The monoisotopic (exact) mass is 303 g/mol. The minimum atomic E-state index is -0.207. The standard InChI is InChI=1S/C15H17N3O2S/c1-10-4-3-5-11(2)14(10)17-12(19)6-7-13(20)18-15-16-8-9-21-15/h3-5,8-9H,6-7H2,1-2H3,(H,17,19)(H,16,18,20). The number of rotatable bonds is 5. The van der Waals surface area contributed by atoms with Crippen molar-refractivity contribution in [1.82, 2.24) is 4.98 Å². The molecule has 2 rings (SSSR count). The number of nitrogens with one attached hydrogen (secondary N) is 2. The van der Waals surface area contributed by atoms with E-state index in [1.165, 1.54) is 11.3 Å². The summed E-state index contributed by atoms with van der Waals surface area (Å²) >= 11 is 1.35. The third-order valence-corrected chi connectivity index (χ3v) is 3.69. The van der Waals surface area contributed by atoms with Crippen LogP contribution in [0.5, 0.6) is 0 Å². The molecule has 0 fully saturated rings. The maximum Gasteiger partial charge on any atom is 0.226 e. The van der Waals surface area contributed by atoms with Crippen molar-refractivity contribution in [2.45, 2.75) is 26.7 Å². The molecular formula is C15H17N3O2S. The number of amides is 2. The molecule has 0 unspecified atom stereocenters. The summed E-state index contributed by atoms with van der Waals surface area (Å²) in [5.41, 5.74) is 2.84. The normalized spacial score (nSPS) is 10.2. The first-order valence-electron chi connectivity index (χ1n) is 6.61. The van der Waals surface area contributed by atoms with Gasteiger partial charge in [0.15, 0.2) is 5.13 Å². The van der Waals surface area contributed by atoms with Crippen molar-refractivity contribution in [3.05, 3.63) is 40.9 Å². The fraction of sp³-hybridized carbons (Fsp3) is 0.267. The second-order valence-electron chi connectivity index (χ2n) is 4.70. The van der Waals surface area contributed by atoms with Crippen molar-refractivity contribution in [3.8, 4) is 0 Å². The Labute approximate surface area is 127 Å². The number of benzene rings is 1. The van der Waals surface area contributed by atoms with Gasteiger partial charge in [0.25, 0.3) is 0 Å². The molecule has 5 nitrogen and oxygen atoms in total. The maximum atomic E-state index is 11.9. The Bertz CT molecular complexity index is 618. The molecule has 2 amide bonds. The Morgan fingerprint density at radius 1 is 1.10 bits per heavy atom. The van der Waals surface area contributed by atoms with E-state index in [0.717, 1.165) is 16.8 Å². The molecule has 1 aromatic carbocycles. The lowest BCUT2D eigenvalue weighted by atomic mass is 10.1. The van der Waals surface area contributed by atoms with Gasteiger partial charge in [-0.3, -0.25) is 9.59 Å². The smallest absolute Gasteiger partial charge is 0.226 e. The minimum Gasteiger partial charge on any atom is -0.326 e. The number of para-hydroxylation sites is 1. The average molecular weight is 303 g/mol. The lowest BCUT2D eigenvalue weighted by Gasteiger charge is -2.11. The van der Waals surface area contributed by atoms with Crippen LogP contribution in [0.4, 0.5) is 10.8 Å². The van der Waals surface area contributed by atoms with Crippen LogP contribution >= 0.6 is 11.3 Å². The van der Waals surface area contributed by atoms with Crippen LogP contribution in [0.2, 0.25) is 0 Å². The highest BCUT2D eigenvalue weighted by Crippen LogP contribution is 2.19. The molecule has 21 heavy (non-hydrogen) atoms. The predicted molar refractivity (Wildman–Crippen MR) is 84.5 cm³/mol. The highest BCUT2D eigenvalue weighted by Gasteiger charge is 2.10. The maximum absolute atomic E-state index is 11.9. The molecule has 2 aromatic rings. The van der Waals surface area contributed by atoms with E-state index in [-0.39, 0.29) is 24.7 Å². The van der Waals surface area contributed by atoms with Gasteiger partial charge in [-0.2, -0.15) is 0 Å². The highest BCUT2D eigenvalue weighted by molar-refractivity contribution is 7.13. The second kappa shape index (κ2) is 6.99. The fourth-order valence-electron chi connectivity index (χ4n) is 1.91. The van der Waals surface area contributed by atoms with Gasteiger partial charge in [0.05, 0.1) is 0 Å².